The SMILES string of the molecule is NS(=O)(=O)c1ccc(NCC(O)c2ccc3ccccc3c2)c(C(F)(F)F)c1. The van der Waals surface area contributed by atoms with Gasteiger partial charge in [0.05, 0.1) is 16.6 Å². The second-order valence-corrected chi connectivity index (χ2v) is 7.81. The summed E-state index contributed by atoms with van der Waals surface area (Å²) in [6, 6.07) is 15.2. The number of aliphatic hydroxyl groups excluding tert-OH is 1. The molecule has 148 valence electrons. The van der Waals surface area contributed by atoms with Crippen molar-refractivity contribution in [1.82, 2.24) is 0 Å². The Bertz CT molecular complexity index is 1110. The van der Waals surface area contributed by atoms with Crippen molar-refractivity contribution in [3.05, 3.63) is 71.8 Å². The average molecular weight is 410 g/mol. The number of hydrogen-bond acceptors (Lipinski definition) is 4. The molecule has 0 aliphatic rings. The molecule has 3 rings (SSSR count). The number of fused-ring (bicyclic) bond motifs is 1. The summed E-state index contributed by atoms with van der Waals surface area (Å²) in [5.74, 6) is 0. The zero-order valence-electron chi connectivity index (χ0n) is 14.4. The first-order valence-electron chi connectivity index (χ1n) is 8.20. The molecule has 0 fully saturated rings. The van der Waals surface area contributed by atoms with Crippen LogP contribution >= 0.6 is 0 Å². The molecule has 0 heterocycles. The van der Waals surface area contributed by atoms with Crippen LogP contribution < -0.4 is 10.5 Å². The standard InChI is InChI=1S/C19H17F3N2O3S/c20-19(21,22)16-10-15(28(23,26)27)7-8-17(16)24-11-18(25)14-6-5-12-3-1-2-4-13(12)9-14/h1-10,18,24-25H,11H2,(H2,23,26,27). The van der Waals surface area contributed by atoms with Gasteiger partial charge in [-0.25, -0.2) is 13.6 Å². The predicted octanol–water partition coefficient (Wildman–Crippen LogP) is 3.65. The van der Waals surface area contributed by atoms with Crippen LogP contribution in [0.2, 0.25) is 0 Å². The van der Waals surface area contributed by atoms with Gasteiger partial charge in [-0.15, -0.1) is 0 Å². The van der Waals surface area contributed by atoms with Crippen molar-refractivity contribution < 1.29 is 26.7 Å². The normalized spacial score (nSPS) is 13.5. The van der Waals surface area contributed by atoms with Gasteiger partial charge in [-0.2, -0.15) is 13.2 Å². The van der Waals surface area contributed by atoms with Crippen LogP contribution in [0.3, 0.4) is 0 Å². The highest BCUT2D eigenvalue weighted by Crippen LogP contribution is 2.36. The Morgan fingerprint density at radius 2 is 1.68 bits per heavy atom. The Kier molecular flexibility index (Phi) is 5.33. The monoisotopic (exact) mass is 410 g/mol. The molecule has 5 nitrogen and oxygen atoms in total. The highest BCUT2D eigenvalue weighted by molar-refractivity contribution is 7.89. The molecule has 0 aromatic heterocycles. The summed E-state index contributed by atoms with van der Waals surface area (Å²) in [4.78, 5) is -0.638. The van der Waals surface area contributed by atoms with Gasteiger partial charge >= 0.3 is 6.18 Å². The number of benzene rings is 3. The largest absolute Gasteiger partial charge is 0.418 e. The maximum Gasteiger partial charge on any atom is 0.418 e. The van der Waals surface area contributed by atoms with Crippen LogP contribution in [-0.2, 0) is 16.2 Å². The smallest absolute Gasteiger partial charge is 0.387 e. The van der Waals surface area contributed by atoms with Crippen LogP contribution in [-0.4, -0.2) is 20.1 Å². The fraction of sp³-hybridized carbons (Fsp3) is 0.158. The number of alkyl halides is 3. The van der Waals surface area contributed by atoms with Crippen LogP contribution in [0.15, 0.2) is 65.6 Å². The van der Waals surface area contributed by atoms with Crippen LogP contribution in [0.1, 0.15) is 17.2 Å². The molecule has 0 aliphatic carbocycles. The van der Waals surface area contributed by atoms with E-state index in [0.29, 0.717) is 11.6 Å². The lowest BCUT2D eigenvalue weighted by molar-refractivity contribution is -0.137. The number of halogens is 3. The number of aliphatic hydroxyl groups is 1. The Hall–Kier alpha value is -2.62. The summed E-state index contributed by atoms with van der Waals surface area (Å²) in [7, 11) is -4.27. The molecule has 0 radical (unpaired) electrons. The molecule has 9 heteroatoms. The highest BCUT2D eigenvalue weighted by atomic mass is 32.2. The van der Waals surface area contributed by atoms with E-state index in [0.717, 1.165) is 22.9 Å². The Balaban J connectivity index is 1.84. The van der Waals surface area contributed by atoms with Gasteiger partial charge in [-0.05, 0) is 40.6 Å². The minimum absolute atomic E-state index is 0.198. The van der Waals surface area contributed by atoms with Crippen molar-refractivity contribution in [2.45, 2.75) is 17.2 Å². The number of anilines is 1. The molecule has 0 aliphatic heterocycles. The molecule has 1 unspecified atom stereocenters. The fourth-order valence-corrected chi connectivity index (χ4v) is 3.37. The summed E-state index contributed by atoms with van der Waals surface area (Å²) in [5, 5.41) is 19.7. The average Bonchev–Trinajstić information content (AvgIpc) is 2.64. The van der Waals surface area contributed by atoms with E-state index in [1.54, 1.807) is 12.1 Å². The van der Waals surface area contributed by atoms with Crippen molar-refractivity contribution >= 4 is 26.5 Å². The Morgan fingerprint density at radius 1 is 1.00 bits per heavy atom. The van der Waals surface area contributed by atoms with Gasteiger partial charge < -0.3 is 10.4 Å². The predicted molar refractivity (Wildman–Crippen MR) is 100 cm³/mol. The van der Waals surface area contributed by atoms with E-state index in [1.165, 1.54) is 0 Å². The van der Waals surface area contributed by atoms with E-state index in [9.17, 15) is 26.7 Å². The molecule has 0 bridgehead atoms. The van der Waals surface area contributed by atoms with E-state index in [2.05, 4.69) is 5.32 Å². The van der Waals surface area contributed by atoms with E-state index in [1.807, 2.05) is 30.3 Å². The second-order valence-electron chi connectivity index (χ2n) is 6.25. The maximum absolute atomic E-state index is 13.3. The van der Waals surface area contributed by atoms with E-state index in [4.69, 9.17) is 5.14 Å². The Labute approximate surface area is 159 Å². The molecule has 1 atom stereocenters. The van der Waals surface area contributed by atoms with Crippen LogP contribution in [0.4, 0.5) is 18.9 Å². The number of rotatable bonds is 5. The topological polar surface area (TPSA) is 92.4 Å². The molecule has 4 N–H and O–H groups in total. The first kappa shape index (κ1) is 20.1. The third-order valence-electron chi connectivity index (χ3n) is 4.27. The molecule has 0 saturated heterocycles. The summed E-state index contributed by atoms with van der Waals surface area (Å²) in [5.41, 5.74) is -0.981. The summed E-state index contributed by atoms with van der Waals surface area (Å²) in [6.07, 6.45) is -5.86. The zero-order chi connectivity index (χ0) is 20.5. The molecule has 0 amide bonds. The summed E-state index contributed by atoms with van der Waals surface area (Å²) < 4.78 is 62.6. The van der Waals surface area contributed by atoms with Gasteiger partial charge in [0.1, 0.15) is 0 Å². The van der Waals surface area contributed by atoms with Gasteiger partial charge in [0.2, 0.25) is 10.0 Å². The number of primary sulfonamides is 1. The molecular formula is C19H17F3N2O3S. The maximum atomic E-state index is 13.3. The van der Waals surface area contributed by atoms with E-state index < -0.39 is 32.8 Å². The van der Waals surface area contributed by atoms with Crippen LogP contribution in [0.5, 0.6) is 0 Å². The third kappa shape index (κ3) is 4.44. The molecule has 3 aromatic carbocycles. The van der Waals surface area contributed by atoms with Crippen molar-refractivity contribution in [2.24, 2.45) is 5.14 Å². The third-order valence-corrected chi connectivity index (χ3v) is 5.18. The quantitative estimate of drug-likeness (QED) is 0.599. The fourth-order valence-electron chi connectivity index (χ4n) is 2.83. The summed E-state index contributed by atoms with van der Waals surface area (Å²) >= 11 is 0. The first-order chi connectivity index (χ1) is 13.1. The van der Waals surface area contributed by atoms with E-state index >= 15 is 0 Å². The Morgan fingerprint density at radius 3 is 2.32 bits per heavy atom. The number of nitrogens with one attached hydrogen (secondary N) is 1. The van der Waals surface area contributed by atoms with Gasteiger partial charge in [0.15, 0.2) is 0 Å². The molecule has 0 spiro atoms. The number of sulfonamides is 1. The van der Waals surface area contributed by atoms with E-state index in [-0.39, 0.29) is 12.2 Å². The van der Waals surface area contributed by atoms with Crippen molar-refractivity contribution in [2.75, 3.05) is 11.9 Å². The molecule has 3 aromatic rings. The first-order valence-corrected chi connectivity index (χ1v) is 9.75. The lowest BCUT2D eigenvalue weighted by Crippen LogP contribution is -2.18. The van der Waals surface area contributed by atoms with Crippen LogP contribution in [0.25, 0.3) is 10.8 Å². The van der Waals surface area contributed by atoms with Gasteiger partial charge in [0, 0.05) is 12.2 Å². The second kappa shape index (κ2) is 7.42. The molecule has 0 saturated carbocycles. The van der Waals surface area contributed by atoms with Crippen molar-refractivity contribution in [1.29, 1.82) is 0 Å². The van der Waals surface area contributed by atoms with Gasteiger partial charge in [-0.3, -0.25) is 0 Å². The van der Waals surface area contributed by atoms with Crippen LogP contribution in [0, 0.1) is 0 Å². The minimum Gasteiger partial charge on any atom is -0.387 e. The summed E-state index contributed by atoms with van der Waals surface area (Å²) in [6.45, 7) is -0.198. The molecular weight excluding hydrogens is 393 g/mol. The van der Waals surface area contributed by atoms with Gasteiger partial charge in [0.25, 0.3) is 0 Å². The molecule has 28 heavy (non-hydrogen) atoms. The van der Waals surface area contributed by atoms with Crippen molar-refractivity contribution in [3.63, 3.8) is 0 Å². The van der Waals surface area contributed by atoms with Crippen molar-refractivity contribution in [3.8, 4) is 0 Å². The lowest BCUT2D eigenvalue weighted by atomic mass is 10.0. The number of nitrogens with two attached hydrogens (primary N) is 1. The number of hydrogen-bond donors (Lipinski definition) is 3. The lowest BCUT2D eigenvalue weighted by Gasteiger charge is -2.18. The minimum atomic E-state index is -4.79. The van der Waals surface area contributed by atoms with Gasteiger partial charge in [-0.1, -0.05) is 36.4 Å². The highest BCUT2D eigenvalue weighted by Gasteiger charge is 2.34. The zero-order valence-corrected chi connectivity index (χ0v) is 15.3.